The number of anilines is 1. The Kier molecular flexibility index (Phi) is 4.30. The molecule has 0 spiro atoms. The number of nitrogens with zero attached hydrogens (tertiary/aromatic N) is 3. The lowest BCUT2D eigenvalue weighted by molar-refractivity contribution is 0.0154. The van der Waals surface area contributed by atoms with Gasteiger partial charge in [0.05, 0.1) is 25.0 Å². The fraction of sp³-hybridized carbons (Fsp3) is 0.409. The predicted octanol–water partition coefficient (Wildman–Crippen LogP) is 4.06. The van der Waals surface area contributed by atoms with E-state index in [2.05, 4.69) is 17.2 Å². The summed E-state index contributed by atoms with van der Waals surface area (Å²) >= 11 is 0. The lowest BCUT2D eigenvalue weighted by atomic mass is 9.62. The van der Waals surface area contributed by atoms with Crippen LogP contribution in [0.2, 0.25) is 0 Å². The Balaban J connectivity index is 1.50. The summed E-state index contributed by atoms with van der Waals surface area (Å²) < 4.78 is 39.2. The number of fused-ring (bicyclic) bond motifs is 2. The Labute approximate surface area is 177 Å². The quantitative estimate of drug-likeness (QED) is 0.663. The van der Waals surface area contributed by atoms with Crippen molar-refractivity contribution >= 4 is 17.2 Å². The summed E-state index contributed by atoms with van der Waals surface area (Å²) in [5, 5.41) is 2.74. The number of rotatable bonds is 5. The van der Waals surface area contributed by atoms with Crippen LogP contribution in [0.15, 0.2) is 30.6 Å². The summed E-state index contributed by atoms with van der Waals surface area (Å²) in [6, 6.07) is 3.96. The molecule has 0 aromatic carbocycles. The molecule has 3 aliphatic rings. The van der Waals surface area contributed by atoms with Gasteiger partial charge in [0.15, 0.2) is 5.75 Å². The van der Waals surface area contributed by atoms with Gasteiger partial charge in [0.25, 0.3) is 12.3 Å². The van der Waals surface area contributed by atoms with Crippen LogP contribution in [0.1, 0.15) is 53.6 Å². The van der Waals surface area contributed by atoms with Crippen molar-refractivity contribution in [3.63, 3.8) is 0 Å². The number of nitrogens with one attached hydrogen (secondary N) is 1. The zero-order chi connectivity index (χ0) is 22.0. The number of halogens is 2. The molecule has 0 unspecified atom stereocenters. The molecule has 1 aliphatic carbocycles. The number of imidazole rings is 1. The van der Waals surface area contributed by atoms with Crippen LogP contribution in [0.4, 0.5) is 14.5 Å². The second kappa shape index (κ2) is 6.71. The largest absolute Gasteiger partial charge is 0.494 e. The molecule has 1 saturated carbocycles. The van der Waals surface area contributed by atoms with Crippen LogP contribution in [0, 0.1) is 6.92 Å². The van der Waals surface area contributed by atoms with Crippen LogP contribution in [-0.2, 0) is 10.2 Å². The molecule has 0 radical (unpaired) electrons. The van der Waals surface area contributed by atoms with E-state index in [0.29, 0.717) is 18.0 Å². The molecule has 0 atom stereocenters. The van der Waals surface area contributed by atoms with Gasteiger partial charge in [-0.2, -0.15) is 0 Å². The molecule has 6 rings (SSSR count). The second-order valence-electron chi connectivity index (χ2n) is 8.63. The topological polar surface area (TPSA) is 77.8 Å². The summed E-state index contributed by atoms with van der Waals surface area (Å²) in [7, 11) is 1.51. The summed E-state index contributed by atoms with van der Waals surface area (Å²) in [6.07, 6.45) is 2.81. The van der Waals surface area contributed by atoms with Crippen LogP contribution in [0.5, 0.6) is 5.75 Å². The first-order chi connectivity index (χ1) is 14.7. The molecule has 2 aliphatic heterocycles. The van der Waals surface area contributed by atoms with Crippen molar-refractivity contribution < 1.29 is 23.0 Å². The molecule has 9 heteroatoms. The number of aromatic nitrogens is 3. The highest BCUT2D eigenvalue weighted by Crippen LogP contribution is 2.58. The summed E-state index contributed by atoms with van der Waals surface area (Å²) in [4.78, 5) is 21.3. The zero-order valence-corrected chi connectivity index (χ0v) is 17.4. The lowest BCUT2D eigenvalue weighted by Gasteiger charge is -2.41. The number of alkyl halides is 2. The van der Waals surface area contributed by atoms with Gasteiger partial charge in [-0.3, -0.25) is 4.79 Å². The molecular weight excluding hydrogens is 406 g/mol. The lowest BCUT2D eigenvalue weighted by Crippen LogP contribution is -2.45. The van der Waals surface area contributed by atoms with E-state index in [1.54, 1.807) is 6.20 Å². The molecule has 1 N–H and O–H groups in total. The van der Waals surface area contributed by atoms with Crippen LogP contribution in [-0.4, -0.2) is 39.6 Å². The highest BCUT2D eigenvalue weighted by atomic mass is 19.3. The van der Waals surface area contributed by atoms with Crippen molar-refractivity contribution in [2.24, 2.45) is 0 Å². The van der Waals surface area contributed by atoms with E-state index in [1.807, 2.05) is 17.5 Å². The molecule has 2 bridgehead atoms. The molecule has 7 nitrogen and oxygen atoms in total. The molecule has 3 fully saturated rings. The maximum absolute atomic E-state index is 12.9. The highest BCUT2D eigenvalue weighted by molar-refractivity contribution is 6.04. The van der Waals surface area contributed by atoms with Crippen LogP contribution in [0.3, 0.4) is 0 Å². The average Bonchev–Trinajstić information content (AvgIpc) is 3.39. The van der Waals surface area contributed by atoms with Crippen molar-refractivity contribution in [3.05, 3.63) is 53.2 Å². The molecule has 3 aromatic rings. The van der Waals surface area contributed by atoms with Crippen molar-refractivity contribution in [1.29, 1.82) is 0 Å². The Hall–Kier alpha value is -3.07. The summed E-state index contributed by atoms with van der Waals surface area (Å²) in [5.74, 6) is -0.140. The summed E-state index contributed by atoms with van der Waals surface area (Å²) in [5.41, 5.74) is 2.20. The third kappa shape index (κ3) is 3.06. The predicted molar refractivity (Wildman–Crippen MR) is 109 cm³/mol. The first-order valence-corrected chi connectivity index (χ1v) is 10.0. The number of carbonyl (C=O) groups excluding carboxylic acids is 1. The van der Waals surface area contributed by atoms with Crippen molar-refractivity contribution in [2.75, 3.05) is 19.0 Å². The third-order valence-corrected chi connectivity index (χ3v) is 6.27. The van der Waals surface area contributed by atoms with E-state index in [9.17, 15) is 13.6 Å². The number of hydrogen-bond acceptors (Lipinski definition) is 5. The highest BCUT2D eigenvalue weighted by Gasteiger charge is 2.61. The number of carbonyl (C=O) groups is 1. The fourth-order valence-electron chi connectivity index (χ4n) is 4.92. The Morgan fingerprint density at radius 1 is 1.29 bits per heavy atom. The first-order valence-electron chi connectivity index (χ1n) is 10.0. The van der Waals surface area contributed by atoms with Crippen LogP contribution in [0.25, 0.3) is 5.65 Å². The molecule has 2 saturated heterocycles. The van der Waals surface area contributed by atoms with E-state index in [-0.39, 0.29) is 16.7 Å². The zero-order valence-electron chi connectivity index (χ0n) is 17.4. The Bertz CT molecular complexity index is 1200. The summed E-state index contributed by atoms with van der Waals surface area (Å²) in [6.45, 7) is 4.64. The maximum Gasteiger partial charge on any atom is 0.280 e. The standard InChI is InChI=1S/C22H22F2N4O3/c1-12-17(30-3)15(26-20(29)14-6-4-5-13(25-14)18(23)24)7-28-8-16(27-19(12)28)22-9-21(2,10-22)31-11-22/h4-8,18H,9-11H2,1-3H3,(H,26,29). The monoisotopic (exact) mass is 428 g/mol. The normalized spacial score (nSPS) is 24.5. The van der Waals surface area contributed by atoms with Crippen molar-refractivity contribution in [1.82, 2.24) is 14.4 Å². The van der Waals surface area contributed by atoms with Crippen molar-refractivity contribution in [3.8, 4) is 5.75 Å². The molecule has 31 heavy (non-hydrogen) atoms. The minimum Gasteiger partial charge on any atom is -0.494 e. The van der Waals surface area contributed by atoms with Gasteiger partial charge in [0.1, 0.15) is 22.7 Å². The van der Waals surface area contributed by atoms with Gasteiger partial charge in [-0.25, -0.2) is 18.7 Å². The van der Waals surface area contributed by atoms with E-state index >= 15 is 0 Å². The minimum absolute atomic E-state index is 0.0541. The van der Waals surface area contributed by atoms with E-state index in [4.69, 9.17) is 14.5 Å². The number of hydrogen-bond donors (Lipinski definition) is 1. The Morgan fingerprint density at radius 3 is 2.71 bits per heavy atom. The van der Waals surface area contributed by atoms with Gasteiger partial charge >= 0.3 is 0 Å². The fourth-order valence-corrected chi connectivity index (χ4v) is 4.92. The van der Waals surface area contributed by atoms with Crippen LogP contribution >= 0.6 is 0 Å². The number of ether oxygens (including phenoxy) is 2. The number of aryl methyl sites for hydroxylation is 1. The Morgan fingerprint density at radius 2 is 2.06 bits per heavy atom. The first kappa shape index (κ1) is 19.9. The van der Waals surface area contributed by atoms with Gasteiger partial charge in [0.2, 0.25) is 0 Å². The van der Waals surface area contributed by atoms with Gasteiger partial charge in [-0.1, -0.05) is 6.07 Å². The van der Waals surface area contributed by atoms with Gasteiger partial charge in [0, 0.05) is 23.4 Å². The second-order valence-corrected chi connectivity index (χ2v) is 8.63. The van der Waals surface area contributed by atoms with Crippen LogP contribution < -0.4 is 10.1 Å². The van der Waals surface area contributed by atoms with Crippen molar-refractivity contribution in [2.45, 2.75) is 44.1 Å². The third-order valence-electron chi connectivity index (χ3n) is 6.27. The molecular formula is C22H22F2N4O3. The van der Waals surface area contributed by atoms with E-state index in [1.165, 1.54) is 25.3 Å². The van der Waals surface area contributed by atoms with Gasteiger partial charge in [-0.05, 0) is 38.8 Å². The van der Waals surface area contributed by atoms with E-state index < -0.39 is 18.0 Å². The molecule has 1 amide bonds. The van der Waals surface area contributed by atoms with Gasteiger partial charge < -0.3 is 19.2 Å². The number of amides is 1. The average molecular weight is 428 g/mol. The smallest absolute Gasteiger partial charge is 0.280 e. The minimum atomic E-state index is -2.75. The number of pyridine rings is 2. The molecule has 5 heterocycles. The molecule has 3 aromatic heterocycles. The molecule has 162 valence electrons. The SMILES string of the molecule is COc1c(NC(=O)c2cccc(C(F)F)n2)cn2cc(C34COC(C)(C3)C4)nc2c1C. The van der Waals surface area contributed by atoms with E-state index in [0.717, 1.165) is 29.7 Å². The number of methoxy groups -OCH3 is 1. The van der Waals surface area contributed by atoms with Gasteiger partial charge in [-0.15, -0.1) is 0 Å². The maximum atomic E-state index is 12.9.